The maximum atomic E-state index is 12.5. The van der Waals surface area contributed by atoms with Crippen molar-refractivity contribution in [3.05, 3.63) is 52.8 Å². The van der Waals surface area contributed by atoms with Gasteiger partial charge < -0.3 is 14.8 Å². The van der Waals surface area contributed by atoms with Crippen molar-refractivity contribution in [2.75, 3.05) is 26.2 Å². The molecule has 0 radical (unpaired) electrons. The fraction of sp³-hybridized carbons (Fsp3) is 0.389. The van der Waals surface area contributed by atoms with Gasteiger partial charge in [-0.3, -0.25) is 9.69 Å². The number of hydrogen-bond acceptors (Lipinski definition) is 4. The normalized spacial score (nSPS) is 19.0. The molecule has 0 unspecified atom stereocenters. The van der Waals surface area contributed by atoms with Crippen molar-refractivity contribution < 1.29 is 14.6 Å². The van der Waals surface area contributed by atoms with Crippen molar-refractivity contribution in [2.24, 2.45) is 0 Å². The van der Waals surface area contributed by atoms with Crippen LogP contribution in [-0.2, 0) is 4.74 Å². The van der Waals surface area contributed by atoms with Crippen LogP contribution in [0.25, 0.3) is 0 Å². The number of aryl methyl sites for hydroxylation is 2. The largest absolute Gasteiger partial charge is 0.508 e. The first-order valence-electron chi connectivity index (χ1n) is 7.85. The lowest BCUT2D eigenvalue weighted by Crippen LogP contribution is -2.41. The summed E-state index contributed by atoms with van der Waals surface area (Å²) in [5.74, 6) is 0.362. The van der Waals surface area contributed by atoms with Crippen molar-refractivity contribution in [2.45, 2.75) is 20.0 Å². The maximum Gasteiger partial charge on any atom is 0.178 e. The van der Waals surface area contributed by atoms with Crippen LogP contribution < -0.4 is 0 Å². The summed E-state index contributed by atoms with van der Waals surface area (Å²) in [4.78, 5) is 17.8. The van der Waals surface area contributed by atoms with Gasteiger partial charge in [0.25, 0.3) is 0 Å². The number of ether oxygens (including phenoxy) is 1. The van der Waals surface area contributed by atoms with Gasteiger partial charge in [0.05, 0.1) is 19.3 Å². The molecule has 0 spiro atoms. The minimum atomic E-state index is -0.113. The molecule has 2 heterocycles. The number of nitrogens with one attached hydrogen (secondary N) is 1. The summed E-state index contributed by atoms with van der Waals surface area (Å²) < 4.78 is 5.79. The molecule has 5 nitrogen and oxygen atoms in total. The summed E-state index contributed by atoms with van der Waals surface area (Å²) in [6.45, 7) is 6.24. The number of rotatable bonds is 4. The number of benzene rings is 1. The standard InChI is InChI=1S/C18H22N2O3/c1-12-8-16(13(2)19-12)17(22)10-20-6-7-23-18(11-20)14-4-3-5-15(21)9-14/h3-5,8-9,18-19,21H,6-7,10-11H2,1-2H3/t18-/m0/s1. The first-order valence-corrected chi connectivity index (χ1v) is 7.85. The van der Waals surface area contributed by atoms with Crippen LogP contribution in [0.5, 0.6) is 5.75 Å². The van der Waals surface area contributed by atoms with Crippen molar-refractivity contribution >= 4 is 5.78 Å². The molecule has 1 atom stereocenters. The number of phenolic OH excluding ortho intramolecular Hbond substituents is 1. The topological polar surface area (TPSA) is 65.6 Å². The number of aromatic nitrogens is 1. The van der Waals surface area contributed by atoms with E-state index in [0.29, 0.717) is 19.7 Å². The molecule has 1 aromatic heterocycles. The Balaban J connectivity index is 1.67. The average Bonchev–Trinajstić information content (AvgIpc) is 2.86. The first kappa shape index (κ1) is 15.8. The summed E-state index contributed by atoms with van der Waals surface area (Å²) in [5, 5.41) is 9.61. The summed E-state index contributed by atoms with van der Waals surface area (Å²) in [6.07, 6.45) is -0.113. The van der Waals surface area contributed by atoms with E-state index in [9.17, 15) is 9.90 Å². The van der Waals surface area contributed by atoms with Gasteiger partial charge in [0.2, 0.25) is 0 Å². The summed E-state index contributed by atoms with van der Waals surface area (Å²) in [7, 11) is 0. The average molecular weight is 314 g/mol. The van der Waals surface area contributed by atoms with Crippen LogP contribution in [0, 0.1) is 13.8 Å². The van der Waals surface area contributed by atoms with E-state index in [-0.39, 0.29) is 17.6 Å². The van der Waals surface area contributed by atoms with Gasteiger partial charge in [-0.2, -0.15) is 0 Å². The zero-order valence-electron chi connectivity index (χ0n) is 13.5. The molecule has 1 fully saturated rings. The quantitative estimate of drug-likeness (QED) is 0.851. The number of morpholine rings is 1. The van der Waals surface area contributed by atoms with E-state index in [4.69, 9.17) is 4.74 Å². The predicted octanol–water partition coefficient (Wildman–Crippen LogP) is 2.59. The highest BCUT2D eigenvalue weighted by Gasteiger charge is 2.24. The van der Waals surface area contributed by atoms with Gasteiger partial charge >= 0.3 is 0 Å². The van der Waals surface area contributed by atoms with Crippen molar-refractivity contribution in [3.63, 3.8) is 0 Å². The summed E-state index contributed by atoms with van der Waals surface area (Å²) >= 11 is 0. The Bertz CT molecular complexity index is 708. The fourth-order valence-corrected chi connectivity index (χ4v) is 3.07. The minimum absolute atomic E-state index is 0.113. The van der Waals surface area contributed by atoms with Gasteiger partial charge in [-0.15, -0.1) is 0 Å². The number of aromatic hydroxyl groups is 1. The number of phenols is 1. The molecule has 2 aromatic rings. The highest BCUT2D eigenvalue weighted by atomic mass is 16.5. The van der Waals surface area contributed by atoms with Gasteiger partial charge in [0.1, 0.15) is 5.75 Å². The second-order valence-electron chi connectivity index (χ2n) is 6.10. The number of carbonyl (C=O) groups excluding carboxylic acids is 1. The number of nitrogens with zero attached hydrogens (tertiary/aromatic N) is 1. The molecule has 122 valence electrons. The highest BCUT2D eigenvalue weighted by Crippen LogP contribution is 2.25. The zero-order chi connectivity index (χ0) is 16.4. The van der Waals surface area contributed by atoms with Gasteiger partial charge in [-0.1, -0.05) is 12.1 Å². The fourth-order valence-electron chi connectivity index (χ4n) is 3.07. The van der Waals surface area contributed by atoms with Crippen molar-refractivity contribution in [1.82, 2.24) is 9.88 Å². The van der Waals surface area contributed by atoms with Gasteiger partial charge in [-0.05, 0) is 37.6 Å². The molecule has 1 aliphatic heterocycles. The lowest BCUT2D eigenvalue weighted by Gasteiger charge is -2.32. The molecule has 5 heteroatoms. The van der Waals surface area contributed by atoms with E-state index in [1.54, 1.807) is 12.1 Å². The molecule has 23 heavy (non-hydrogen) atoms. The Hall–Kier alpha value is -2.11. The lowest BCUT2D eigenvalue weighted by molar-refractivity contribution is -0.0275. The molecule has 0 bridgehead atoms. The molecular weight excluding hydrogens is 292 g/mol. The number of ketones is 1. The minimum Gasteiger partial charge on any atom is -0.508 e. The smallest absolute Gasteiger partial charge is 0.178 e. The summed E-state index contributed by atoms with van der Waals surface area (Å²) in [6, 6.07) is 9.02. The van der Waals surface area contributed by atoms with Crippen LogP contribution >= 0.6 is 0 Å². The van der Waals surface area contributed by atoms with Crippen LogP contribution in [0.15, 0.2) is 30.3 Å². The monoisotopic (exact) mass is 314 g/mol. The van der Waals surface area contributed by atoms with Crippen LogP contribution in [0.3, 0.4) is 0 Å². The second kappa shape index (κ2) is 6.56. The van der Waals surface area contributed by atoms with Gasteiger partial charge in [0.15, 0.2) is 5.78 Å². The number of hydrogen-bond donors (Lipinski definition) is 2. The molecule has 1 aliphatic rings. The SMILES string of the molecule is Cc1cc(C(=O)CN2CCO[C@H](c3cccc(O)c3)C2)c(C)[nH]1. The molecule has 0 saturated carbocycles. The molecule has 0 amide bonds. The second-order valence-corrected chi connectivity index (χ2v) is 6.10. The third-order valence-electron chi connectivity index (χ3n) is 4.21. The Morgan fingerprint density at radius 1 is 1.39 bits per heavy atom. The van der Waals surface area contributed by atoms with Crippen LogP contribution in [0.2, 0.25) is 0 Å². The Morgan fingerprint density at radius 3 is 2.91 bits per heavy atom. The Labute approximate surface area is 135 Å². The number of H-pyrrole nitrogens is 1. The molecular formula is C18H22N2O3. The number of Topliss-reactive ketones (excluding diaryl/α,β-unsaturated/α-hetero) is 1. The van der Waals surface area contributed by atoms with E-state index in [2.05, 4.69) is 9.88 Å². The predicted molar refractivity (Wildman–Crippen MR) is 87.8 cm³/mol. The van der Waals surface area contributed by atoms with E-state index in [1.807, 2.05) is 32.0 Å². The van der Waals surface area contributed by atoms with E-state index in [1.165, 1.54) is 0 Å². The highest BCUT2D eigenvalue weighted by molar-refractivity contribution is 5.98. The van der Waals surface area contributed by atoms with Crippen LogP contribution in [0.4, 0.5) is 0 Å². The lowest BCUT2D eigenvalue weighted by atomic mass is 10.1. The molecule has 1 saturated heterocycles. The van der Waals surface area contributed by atoms with E-state index < -0.39 is 0 Å². The zero-order valence-corrected chi connectivity index (χ0v) is 13.5. The van der Waals surface area contributed by atoms with E-state index >= 15 is 0 Å². The van der Waals surface area contributed by atoms with Crippen molar-refractivity contribution in [1.29, 1.82) is 0 Å². The number of aromatic amines is 1. The van der Waals surface area contributed by atoms with Crippen LogP contribution in [-0.4, -0.2) is 47.0 Å². The Kier molecular flexibility index (Phi) is 4.50. The first-order chi connectivity index (χ1) is 11.0. The third-order valence-corrected chi connectivity index (χ3v) is 4.21. The molecule has 2 N–H and O–H groups in total. The Morgan fingerprint density at radius 2 is 2.22 bits per heavy atom. The maximum absolute atomic E-state index is 12.5. The number of carbonyl (C=O) groups is 1. The molecule has 3 rings (SSSR count). The van der Waals surface area contributed by atoms with E-state index in [0.717, 1.165) is 29.1 Å². The third kappa shape index (κ3) is 3.63. The van der Waals surface area contributed by atoms with Gasteiger partial charge in [0, 0.05) is 30.0 Å². The summed E-state index contributed by atoms with van der Waals surface area (Å²) in [5.41, 5.74) is 3.63. The van der Waals surface area contributed by atoms with Crippen molar-refractivity contribution in [3.8, 4) is 5.75 Å². The van der Waals surface area contributed by atoms with Crippen LogP contribution in [0.1, 0.15) is 33.4 Å². The molecule has 0 aliphatic carbocycles. The van der Waals surface area contributed by atoms with Gasteiger partial charge in [-0.25, -0.2) is 0 Å². The molecule has 1 aromatic carbocycles.